The molecule has 5 rings (SSSR count). The van der Waals surface area contributed by atoms with Gasteiger partial charge in [-0.3, -0.25) is 9.59 Å². The molecule has 0 spiro atoms. The van der Waals surface area contributed by atoms with Crippen LogP contribution in [0.4, 0.5) is 0 Å². The highest BCUT2D eigenvalue weighted by Crippen LogP contribution is 2.37. The largest absolute Gasteiger partial charge is 0.480 e. The number of aliphatic hydroxyl groups excluding tert-OH is 1. The predicted molar refractivity (Wildman–Crippen MR) is 197 cm³/mol. The van der Waals surface area contributed by atoms with E-state index in [1.807, 2.05) is 42.7 Å². The number of carboxylic acid groups (broad SMARTS) is 1. The molecule has 1 saturated carbocycles. The highest BCUT2D eigenvalue weighted by Gasteiger charge is 2.30. The number of amides is 2. The van der Waals surface area contributed by atoms with E-state index in [1.54, 1.807) is 6.07 Å². The van der Waals surface area contributed by atoms with Crippen LogP contribution >= 0.6 is 11.3 Å². The molecule has 2 amide bonds. The van der Waals surface area contributed by atoms with Crippen molar-refractivity contribution in [2.75, 3.05) is 0 Å². The van der Waals surface area contributed by atoms with Crippen LogP contribution in [-0.4, -0.2) is 56.2 Å². The Morgan fingerprint density at radius 3 is 2.02 bits per heavy atom. The summed E-state index contributed by atoms with van der Waals surface area (Å²) in [5, 5.41) is 24.6. The molecule has 264 valence electrons. The molecule has 9 nitrogen and oxygen atoms in total. The molecule has 2 aromatic heterocycles. The molecule has 4 aromatic rings. The first-order valence-corrected chi connectivity index (χ1v) is 18.3. The molecule has 10 heteroatoms. The van der Waals surface area contributed by atoms with E-state index in [0.717, 1.165) is 33.0 Å². The Bertz CT molecular complexity index is 1750. The lowest BCUT2D eigenvalue weighted by molar-refractivity contribution is -0.145. The van der Waals surface area contributed by atoms with Gasteiger partial charge in [-0.1, -0.05) is 82.6 Å². The maximum absolute atomic E-state index is 13.3. The maximum atomic E-state index is 13.3. The van der Waals surface area contributed by atoms with Gasteiger partial charge in [-0.15, -0.1) is 11.3 Å². The molecule has 4 N–H and O–H groups in total. The van der Waals surface area contributed by atoms with Crippen LogP contribution in [0.25, 0.3) is 22.5 Å². The van der Waals surface area contributed by atoms with Crippen LogP contribution < -0.4 is 10.6 Å². The summed E-state index contributed by atoms with van der Waals surface area (Å²) >= 11 is 1.35. The predicted octanol–water partition coefficient (Wildman–Crippen LogP) is 7.14. The third kappa shape index (κ3) is 9.22. The zero-order chi connectivity index (χ0) is 36.0. The second kappa shape index (κ2) is 16.1. The molecule has 0 bridgehead atoms. The number of nitrogens with one attached hydrogen (secondary N) is 2. The zero-order valence-electron chi connectivity index (χ0n) is 29.5. The summed E-state index contributed by atoms with van der Waals surface area (Å²) in [5.41, 5.74) is 4.80. The lowest BCUT2D eigenvalue weighted by Crippen LogP contribution is -2.55. The minimum Gasteiger partial charge on any atom is -0.480 e. The Labute approximate surface area is 298 Å². The second-order valence-electron chi connectivity index (χ2n) is 14.4. The zero-order valence-corrected chi connectivity index (χ0v) is 30.3. The van der Waals surface area contributed by atoms with Gasteiger partial charge in [-0.05, 0) is 78.7 Å². The lowest BCUT2D eigenvalue weighted by atomic mass is 9.78. The van der Waals surface area contributed by atoms with E-state index >= 15 is 0 Å². The number of aromatic nitrogens is 2. The Morgan fingerprint density at radius 2 is 1.48 bits per heavy atom. The van der Waals surface area contributed by atoms with Crippen LogP contribution in [-0.2, 0) is 21.4 Å². The smallest absolute Gasteiger partial charge is 0.328 e. The lowest BCUT2D eigenvalue weighted by Gasteiger charge is -2.28. The van der Waals surface area contributed by atoms with E-state index in [2.05, 4.69) is 72.6 Å². The summed E-state index contributed by atoms with van der Waals surface area (Å²) in [6.07, 6.45) is 8.85. The van der Waals surface area contributed by atoms with Crippen molar-refractivity contribution in [3.63, 3.8) is 0 Å². The Hall–Kier alpha value is -4.41. The molecule has 2 aromatic carbocycles. The topological polar surface area (TPSA) is 142 Å². The van der Waals surface area contributed by atoms with E-state index in [4.69, 9.17) is 0 Å². The normalized spacial score (nSPS) is 18.1. The highest BCUT2D eigenvalue weighted by molar-refractivity contribution is 7.14. The minimum absolute atomic E-state index is 0.0946. The van der Waals surface area contributed by atoms with Gasteiger partial charge in [-0.25, -0.2) is 14.8 Å². The number of rotatable bonds is 12. The van der Waals surface area contributed by atoms with Crippen molar-refractivity contribution >= 4 is 29.1 Å². The first kappa shape index (κ1) is 36.9. The third-order valence-electron chi connectivity index (χ3n) is 9.68. The summed E-state index contributed by atoms with van der Waals surface area (Å²) < 4.78 is 0. The summed E-state index contributed by atoms with van der Waals surface area (Å²) in [6, 6.07) is 17.2. The maximum Gasteiger partial charge on any atom is 0.328 e. The van der Waals surface area contributed by atoms with Gasteiger partial charge in [0.2, 0.25) is 5.91 Å². The van der Waals surface area contributed by atoms with Crippen molar-refractivity contribution in [1.82, 2.24) is 20.6 Å². The first-order valence-electron chi connectivity index (χ1n) is 17.5. The van der Waals surface area contributed by atoms with E-state index < -0.39 is 36.0 Å². The fourth-order valence-corrected chi connectivity index (χ4v) is 7.41. The number of benzene rings is 2. The summed E-state index contributed by atoms with van der Waals surface area (Å²) in [7, 11) is 0. The number of carbonyl (C=O) groups excluding carboxylic acids is 2. The van der Waals surface area contributed by atoms with Crippen molar-refractivity contribution in [3.05, 3.63) is 93.9 Å². The average molecular weight is 697 g/mol. The number of aliphatic carboxylic acids is 1. The molecule has 1 aliphatic rings. The van der Waals surface area contributed by atoms with Crippen molar-refractivity contribution in [2.24, 2.45) is 5.92 Å². The van der Waals surface area contributed by atoms with Crippen LogP contribution in [0.1, 0.15) is 98.3 Å². The summed E-state index contributed by atoms with van der Waals surface area (Å²) in [6.45, 7) is 9.74. The van der Waals surface area contributed by atoms with E-state index in [9.17, 15) is 24.6 Å². The summed E-state index contributed by atoms with van der Waals surface area (Å²) in [5.74, 6) is -0.443. The van der Waals surface area contributed by atoms with Crippen molar-refractivity contribution in [3.8, 4) is 22.5 Å². The number of carbonyl (C=O) groups is 3. The molecular weight excluding hydrogens is 649 g/mol. The van der Waals surface area contributed by atoms with Crippen molar-refractivity contribution in [2.45, 2.75) is 103 Å². The van der Waals surface area contributed by atoms with Gasteiger partial charge in [0.25, 0.3) is 5.91 Å². The quantitative estimate of drug-likeness (QED) is 0.123. The monoisotopic (exact) mass is 696 g/mol. The molecule has 50 heavy (non-hydrogen) atoms. The van der Waals surface area contributed by atoms with Gasteiger partial charge in [0.15, 0.2) is 11.9 Å². The number of carboxylic acids is 1. The van der Waals surface area contributed by atoms with Crippen LogP contribution in [0.15, 0.2) is 73.1 Å². The van der Waals surface area contributed by atoms with E-state index in [-0.39, 0.29) is 11.8 Å². The van der Waals surface area contributed by atoms with Gasteiger partial charge >= 0.3 is 5.97 Å². The number of aliphatic hydroxyl groups is 1. The molecule has 0 saturated heterocycles. The molecule has 1 aliphatic carbocycles. The van der Waals surface area contributed by atoms with Gasteiger partial charge < -0.3 is 20.8 Å². The van der Waals surface area contributed by atoms with Crippen LogP contribution in [0.3, 0.4) is 0 Å². The Kier molecular flexibility index (Phi) is 11.9. The average Bonchev–Trinajstić information content (AvgIpc) is 3.62. The fourth-order valence-electron chi connectivity index (χ4n) is 6.45. The molecule has 0 radical (unpaired) electrons. The highest BCUT2D eigenvalue weighted by atomic mass is 32.1. The first-order chi connectivity index (χ1) is 23.8. The molecule has 0 unspecified atom stereocenters. The Balaban J connectivity index is 1.27. The number of thiophene rings is 1. The minimum atomic E-state index is -1.53. The number of nitrogens with zero attached hydrogens (tertiary/aromatic N) is 2. The number of hydrogen-bond acceptors (Lipinski definition) is 7. The number of hydrogen-bond donors (Lipinski definition) is 4. The molecule has 1 fully saturated rings. The SMILES string of the molecule is CC[C@H]1CC[C@H](c2ccc(-c3cnc(-c4ccc(C[C@H](NC(=O)c5ccc(C(C)(C)C)s5)C(=O)N[C@H](C(=O)O)[C@@H](C)O)cc4)nc3)cc2)CC1. The standard InChI is InChI=1S/C40H48N4O5S/c1-6-25-7-11-27(12-8-25)28-15-17-29(18-16-28)31-22-41-36(42-23-31)30-13-9-26(10-14-30)21-32(37(46)44-35(24(2)45)39(48)49)43-38(47)33-19-20-34(50-33)40(3,4)5/h9-10,13-20,22-25,27,32,35,45H,6-8,11-12,21H2,1-5H3,(H,43,47)(H,44,46)(H,48,49)/t24-,25-,27-,32+,35+/m1/s1. The van der Waals surface area contributed by atoms with Gasteiger partial charge in [0.1, 0.15) is 6.04 Å². The van der Waals surface area contributed by atoms with Crippen LogP contribution in [0.5, 0.6) is 0 Å². The van der Waals surface area contributed by atoms with Gasteiger partial charge in [0, 0.05) is 34.8 Å². The third-order valence-corrected chi connectivity index (χ3v) is 11.2. The van der Waals surface area contributed by atoms with Crippen LogP contribution in [0, 0.1) is 5.92 Å². The summed E-state index contributed by atoms with van der Waals surface area (Å²) in [4.78, 5) is 49.0. The molecular formula is C40H48N4O5S. The molecule has 3 atom stereocenters. The van der Waals surface area contributed by atoms with E-state index in [0.29, 0.717) is 16.6 Å². The van der Waals surface area contributed by atoms with E-state index in [1.165, 1.54) is 55.9 Å². The Morgan fingerprint density at radius 1 is 0.860 bits per heavy atom. The van der Waals surface area contributed by atoms with Crippen LogP contribution in [0.2, 0.25) is 0 Å². The van der Waals surface area contributed by atoms with Crippen molar-refractivity contribution in [1.29, 1.82) is 0 Å². The molecule has 0 aliphatic heterocycles. The van der Waals surface area contributed by atoms with Crippen molar-refractivity contribution < 1.29 is 24.6 Å². The second-order valence-corrected chi connectivity index (χ2v) is 15.5. The molecule has 2 heterocycles. The van der Waals surface area contributed by atoms with Gasteiger partial charge in [0.05, 0.1) is 11.0 Å². The fraction of sp³-hybridized carbons (Fsp3) is 0.425. The van der Waals surface area contributed by atoms with Gasteiger partial charge in [-0.2, -0.15) is 0 Å².